The summed E-state index contributed by atoms with van der Waals surface area (Å²) in [5.74, 6) is 0.931. The molecule has 2 aromatic rings. The number of halogens is 1. The first-order valence-corrected chi connectivity index (χ1v) is 7.10. The molecule has 0 saturated carbocycles. The van der Waals surface area contributed by atoms with Gasteiger partial charge in [-0.25, -0.2) is 0 Å². The highest BCUT2D eigenvalue weighted by molar-refractivity contribution is 9.10. The number of nitrogens with one attached hydrogen (secondary N) is 1. The van der Waals surface area contributed by atoms with Gasteiger partial charge in [-0.15, -0.1) is 0 Å². The van der Waals surface area contributed by atoms with Gasteiger partial charge in [0.25, 0.3) is 0 Å². The Balaban J connectivity index is 2.13. The molecule has 2 nitrogen and oxygen atoms in total. The minimum absolute atomic E-state index is 0.602. The minimum Gasteiger partial charge on any atom is -0.489 e. The molecular weight excluding hydrogens is 302 g/mol. The summed E-state index contributed by atoms with van der Waals surface area (Å²) in [7, 11) is 1.94. The zero-order valence-electron chi connectivity index (χ0n) is 11.2. The summed E-state index contributed by atoms with van der Waals surface area (Å²) in [5, 5.41) is 3.16. The van der Waals surface area contributed by atoms with Crippen LogP contribution >= 0.6 is 15.9 Å². The number of aryl methyl sites for hydroxylation is 1. The second-order valence-electron chi connectivity index (χ2n) is 4.50. The molecular formula is C16H18BrNO. The molecule has 2 aromatic carbocycles. The van der Waals surface area contributed by atoms with Crippen LogP contribution in [0.25, 0.3) is 0 Å². The van der Waals surface area contributed by atoms with Gasteiger partial charge in [0.15, 0.2) is 0 Å². The Morgan fingerprint density at radius 1 is 1.11 bits per heavy atom. The van der Waals surface area contributed by atoms with Crippen molar-refractivity contribution in [3.05, 3.63) is 63.6 Å². The summed E-state index contributed by atoms with van der Waals surface area (Å²) in [5.41, 5.74) is 3.64. The lowest BCUT2D eigenvalue weighted by Crippen LogP contribution is -2.08. The van der Waals surface area contributed by atoms with Gasteiger partial charge in [0.05, 0.1) is 0 Å². The predicted molar refractivity (Wildman–Crippen MR) is 82.4 cm³/mol. The third kappa shape index (κ3) is 3.82. The second kappa shape index (κ2) is 6.73. The second-order valence-corrected chi connectivity index (χ2v) is 5.41. The normalized spacial score (nSPS) is 10.5. The zero-order chi connectivity index (χ0) is 13.7. The molecule has 100 valence electrons. The molecule has 2 rings (SSSR count). The fourth-order valence-corrected chi connectivity index (χ4v) is 2.35. The Bertz CT molecular complexity index is 554. The van der Waals surface area contributed by atoms with Crippen molar-refractivity contribution in [2.75, 3.05) is 7.05 Å². The van der Waals surface area contributed by atoms with E-state index in [2.05, 4.69) is 46.4 Å². The number of hydrogen-bond acceptors (Lipinski definition) is 2. The predicted octanol–water partition coefficient (Wildman–Crippen LogP) is 4.06. The van der Waals surface area contributed by atoms with E-state index in [1.807, 2.05) is 31.3 Å². The molecule has 0 unspecified atom stereocenters. The first kappa shape index (κ1) is 14.1. The molecule has 0 amide bonds. The number of rotatable bonds is 5. The maximum absolute atomic E-state index is 5.95. The largest absolute Gasteiger partial charge is 0.489 e. The van der Waals surface area contributed by atoms with Crippen LogP contribution in [0.3, 0.4) is 0 Å². The van der Waals surface area contributed by atoms with Crippen LogP contribution in [0, 0.1) is 6.92 Å². The van der Waals surface area contributed by atoms with Gasteiger partial charge in [-0.05, 0) is 43.3 Å². The molecule has 3 heteroatoms. The Hall–Kier alpha value is -1.32. The lowest BCUT2D eigenvalue weighted by Gasteiger charge is -2.13. The molecule has 0 aliphatic rings. The first-order valence-electron chi connectivity index (χ1n) is 6.31. The Kier molecular flexibility index (Phi) is 5.00. The van der Waals surface area contributed by atoms with Crippen LogP contribution in [-0.4, -0.2) is 7.05 Å². The summed E-state index contributed by atoms with van der Waals surface area (Å²) < 4.78 is 7.02. The van der Waals surface area contributed by atoms with E-state index < -0.39 is 0 Å². The maximum atomic E-state index is 5.95. The molecule has 0 fully saturated rings. The quantitative estimate of drug-likeness (QED) is 0.897. The van der Waals surface area contributed by atoms with Crippen LogP contribution < -0.4 is 10.1 Å². The van der Waals surface area contributed by atoms with Crippen molar-refractivity contribution >= 4 is 15.9 Å². The third-order valence-electron chi connectivity index (χ3n) is 3.03. The van der Waals surface area contributed by atoms with Gasteiger partial charge in [0, 0.05) is 16.6 Å². The average molecular weight is 320 g/mol. The van der Waals surface area contributed by atoms with Crippen LogP contribution in [0.2, 0.25) is 0 Å². The van der Waals surface area contributed by atoms with E-state index in [0.717, 1.165) is 22.3 Å². The van der Waals surface area contributed by atoms with Crippen LogP contribution in [0.15, 0.2) is 46.9 Å². The van der Waals surface area contributed by atoms with Crippen LogP contribution in [0.5, 0.6) is 5.75 Å². The minimum atomic E-state index is 0.602. The smallest absolute Gasteiger partial charge is 0.124 e. The number of ether oxygens (including phenoxy) is 1. The Labute approximate surface area is 122 Å². The summed E-state index contributed by atoms with van der Waals surface area (Å²) >= 11 is 3.49. The summed E-state index contributed by atoms with van der Waals surface area (Å²) in [4.78, 5) is 0. The van der Waals surface area contributed by atoms with Gasteiger partial charge in [-0.2, -0.15) is 0 Å². The van der Waals surface area contributed by atoms with Crippen LogP contribution in [0.4, 0.5) is 0 Å². The van der Waals surface area contributed by atoms with E-state index in [4.69, 9.17) is 4.74 Å². The van der Waals surface area contributed by atoms with E-state index in [0.29, 0.717) is 6.61 Å². The van der Waals surface area contributed by atoms with Crippen molar-refractivity contribution in [3.63, 3.8) is 0 Å². The van der Waals surface area contributed by atoms with Gasteiger partial charge in [0.1, 0.15) is 12.4 Å². The van der Waals surface area contributed by atoms with Crippen LogP contribution in [-0.2, 0) is 13.2 Å². The number of benzene rings is 2. The summed E-state index contributed by atoms with van der Waals surface area (Å²) in [6.45, 7) is 3.50. The van der Waals surface area contributed by atoms with Gasteiger partial charge in [-0.3, -0.25) is 0 Å². The maximum Gasteiger partial charge on any atom is 0.124 e. The van der Waals surface area contributed by atoms with Gasteiger partial charge in [-0.1, -0.05) is 40.2 Å². The molecule has 0 aromatic heterocycles. The molecule has 0 bridgehead atoms. The summed E-state index contributed by atoms with van der Waals surface area (Å²) in [6.07, 6.45) is 0. The highest BCUT2D eigenvalue weighted by Gasteiger charge is 2.05. The molecule has 1 N–H and O–H groups in total. The third-order valence-corrected chi connectivity index (χ3v) is 3.53. The van der Waals surface area contributed by atoms with Gasteiger partial charge < -0.3 is 10.1 Å². The van der Waals surface area contributed by atoms with E-state index in [-0.39, 0.29) is 0 Å². The van der Waals surface area contributed by atoms with Gasteiger partial charge >= 0.3 is 0 Å². The van der Waals surface area contributed by atoms with E-state index in [1.165, 1.54) is 11.1 Å². The van der Waals surface area contributed by atoms with Crippen LogP contribution in [0.1, 0.15) is 16.7 Å². The van der Waals surface area contributed by atoms with Crippen molar-refractivity contribution in [3.8, 4) is 5.75 Å². The standard InChI is InChI=1S/C16H18BrNO/c1-12-5-3-4-6-13(12)11-19-16-8-7-15(17)9-14(16)10-18-2/h3-9,18H,10-11H2,1-2H3. The lowest BCUT2D eigenvalue weighted by atomic mass is 10.1. The molecule has 0 aliphatic heterocycles. The molecule has 0 aliphatic carbocycles. The highest BCUT2D eigenvalue weighted by Crippen LogP contribution is 2.24. The monoisotopic (exact) mass is 319 g/mol. The fourth-order valence-electron chi connectivity index (χ4n) is 1.94. The van der Waals surface area contributed by atoms with E-state index >= 15 is 0 Å². The zero-order valence-corrected chi connectivity index (χ0v) is 12.8. The van der Waals surface area contributed by atoms with E-state index in [1.54, 1.807) is 0 Å². The fraction of sp³-hybridized carbons (Fsp3) is 0.250. The van der Waals surface area contributed by atoms with Crippen molar-refractivity contribution in [1.29, 1.82) is 0 Å². The molecule has 0 heterocycles. The SMILES string of the molecule is CNCc1cc(Br)ccc1OCc1ccccc1C. The van der Waals surface area contributed by atoms with Crippen molar-refractivity contribution in [2.45, 2.75) is 20.1 Å². The molecule has 0 saturated heterocycles. The highest BCUT2D eigenvalue weighted by atomic mass is 79.9. The van der Waals surface area contributed by atoms with Gasteiger partial charge in [0.2, 0.25) is 0 Å². The Morgan fingerprint density at radius 2 is 1.89 bits per heavy atom. The molecule has 0 radical (unpaired) electrons. The van der Waals surface area contributed by atoms with Crippen molar-refractivity contribution < 1.29 is 4.74 Å². The van der Waals surface area contributed by atoms with Crippen molar-refractivity contribution in [2.24, 2.45) is 0 Å². The molecule has 19 heavy (non-hydrogen) atoms. The number of hydrogen-bond donors (Lipinski definition) is 1. The van der Waals surface area contributed by atoms with E-state index in [9.17, 15) is 0 Å². The summed E-state index contributed by atoms with van der Waals surface area (Å²) in [6, 6.07) is 14.4. The topological polar surface area (TPSA) is 21.3 Å². The molecule has 0 atom stereocenters. The molecule has 0 spiro atoms. The average Bonchev–Trinajstić information content (AvgIpc) is 2.40. The lowest BCUT2D eigenvalue weighted by molar-refractivity contribution is 0.301. The Morgan fingerprint density at radius 3 is 2.63 bits per heavy atom. The first-order chi connectivity index (χ1) is 9.20. The van der Waals surface area contributed by atoms with Crippen molar-refractivity contribution in [1.82, 2.24) is 5.32 Å².